The zero-order chi connectivity index (χ0) is 87.0. The average Bonchev–Trinajstić information content (AvgIpc) is 0.810. The first kappa shape index (κ1) is 104. The van der Waals surface area contributed by atoms with Crippen molar-refractivity contribution < 1.29 is 109 Å². The molecule has 3 N–H and O–H groups in total. The lowest BCUT2D eigenvalue weighted by Crippen LogP contribution is -2.17. The first-order valence-corrected chi connectivity index (χ1v) is 40.0. The Labute approximate surface area is 683 Å². The molecule has 114 heavy (non-hydrogen) atoms. The Bertz CT molecular complexity index is 3920. The fourth-order valence-electron chi connectivity index (χ4n) is 10.6. The molecule has 0 aliphatic heterocycles. The Balaban J connectivity index is 0.000000689. The Morgan fingerprint density at radius 2 is 0.614 bits per heavy atom. The summed E-state index contributed by atoms with van der Waals surface area (Å²) in [6.07, 6.45) is 1.39. The van der Waals surface area contributed by atoms with Crippen LogP contribution in [0.4, 0.5) is 0 Å². The van der Waals surface area contributed by atoms with Crippen LogP contribution in [-0.2, 0) is 56.5 Å². The predicted molar refractivity (Wildman–Crippen MR) is 452 cm³/mol. The number of hydrogen-bond donors (Lipinski definition) is 3. The van der Waals surface area contributed by atoms with Crippen molar-refractivity contribution in [1.29, 1.82) is 5.26 Å². The van der Waals surface area contributed by atoms with E-state index in [1.165, 1.54) is 6.26 Å². The van der Waals surface area contributed by atoms with Gasteiger partial charge in [0.2, 0.25) is 0 Å². The van der Waals surface area contributed by atoms with Gasteiger partial charge in [0, 0.05) is 77.9 Å². The van der Waals surface area contributed by atoms with Crippen LogP contribution in [0.5, 0.6) is 86.2 Å². The van der Waals surface area contributed by atoms with Gasteiger partial charge in [-0.3, -0.25) is 0 Å². The van der Waals surface area contributed by atoms with Crippen LogP contribution in [-0.4, -0.2) is 199 Å². The van der Waals surface area contributed by atoms with E-state index in [2.05, 4.69) is 110 Å². The largest absolute Gasteiger partial charge is 0.497 e. The molecule has 0 saturated carbocycles. The van der Waals surface area contributed by atoms with Gasteiger partial charge in [-0.1, -0.05) is 143 Å². The molecule has 1 unspecified atom stereocenters. The number of aliphatic hydroxyl groups excluding tert-OH is 3. The molecule has 0 heterocycles. The number of nitrogens with zero attached hydrogens (tertiary/aromatic N) is 1. The van der Waals surface area contributed by atoms with E-state index in [0.717, 1.165) is 73.4 Å². The van der Waals surface area contributed by atoms with E-state index in [1.54, 1.807) is 103 Å². The first-order valence-electron chi connectivity index (χ1n) is 37.9. The molecule has 25 heteroatoms. The molecule has 644 valence electrons. The molecule has 6 aromatic rings. The molecule has 6 rings (SSSR count). The lowest BCUT2D eigenvalue weighted by molar-refractivity contribution is 0.0536. The van der Waals surface area contributed by atoms with Crippen molar-refractivity contribution >= 4 is 9.84 Å². The summed E-state index contributed by atoms with van der Waals surface area (Å²) in [5.74, 6) is 10.1. The van der Waals surface area contributed by atoms with E-state index in [1.807, 2.05) is 87.5 Å². The van der Waals surface area contributed by atoms with Gasteiger partial charge in [-0.05, 0) is 81.4 Å². The highest BCUT2D eigenvalue weighted by molar-refractivity contribution is 7.90. The fraction of sp³-hybridized carbons (Fsp3) is 0.584. The number of rotatable bonds is 34. The van der Waals surface area contributed by atoms with Gasteiger partial charge in [0.15, 0.2) is 67.3 Å². The van der Waals surface area contributed by atoms with E-state index >= 15 is 0 Å². The molecule has 6 aromatic carbocycles. The second-order valence-corrected chi connectivity index (χ2v) is 34.6. The van der Waals surface area contributed by atoms with Crippen molar-refractivity contribution in [3.05, 3.63) is 124 Å². The summed E-state index contributed by atoms with van der Waals surface area (Å²) in [7, 11) is 14.7. The fourth-order valence-corrected chi connectivity index (χ4v) is 11.0. The summed E-state index contributed by atoms with van der Waals surface area (Å²) in [6.45, 7) is 43.5. The molecule has 0 radical (unpaired) electrons. The van der Waals surface area contributed by atoms with Crippen LogP contribution in [0.2, 0.25) is 0 Å². The highest BCUT2D eigenvalue weighted by Crippen LogP contribution is 2.47. The molecule has 1 atom stereocenters. The molecular formula is C89H139NO23S. The van der Waals surface area contributed by atoms with Crippen molar-refractivity contribution in [3.63, 3.8) is 0 Å². The summed E-state index contributed by atoms with van der Waals surface area (Å²) in [6, 6.07) is 28.7. The average molecular weight is 1620 g/mol. The molecule has 0 aliphatic carbocycles. The van der Waals surface area contributed by atoms with Crippen LogP contribution >= 0.6 is 0 Å². The third-order valence-electron chi connectivity index (χ3n) is 16.8. The van der Waals surface area contributed by atoms with Gasteiger partial charge >= 0.3 is 0 Å². The second-order valence-electron chi connectivity index (χ2n) is 32.4. The number of sulfone groups is 1. The van der Waals surface area contributed by atoms with Gasteiger partial charge in [-0.2, -0.15) is 5.26 Å². The number of benzene rings is 6. The van der Waals surface area contributed by atoms with Gasteiger partial charge in [0.25, 0.3) is 0 Å². The molecule has 0 aromatic heterocycles. The monoisotopic (exact) mass is 1620 g/mol. The molecular weight excluding hydrogens is 1480 g/mol. The van der Waals surface area contributed by atoms with Gasteiger partial charge in [-0.15, -0.1) is 0 Å². The van der Waals surface area contributed by atoms with Gasteiger partial charge in [0.05, 0.1) is 147 Å². The van der Waals surface area contributed by atoms with Crippen LogP contribution in [0.25, 0.3) is 0 Å². The summed E-state index contributed by atoms with van der Waals surface area (Å²) >= 11 is 0. The normalized spacial score (nSPS) is 11.7. The molecule has 24 nitrogen and oxygen atoms in total. The maximum Gasteiger partial charge on any atom is 0.165 e. The predicted octanol–water partition coefficient (Wildman–Crippen LogP) is 16.2. The van der Waals surface area contributed by atoms with Crippen molar-refractivity contribution in [2.24, 2.45) is 0 Å². The van der Waals surface area contributed by atoms with E-state index in [4.69, 9.17) is 101 Å². The molecule has 0 fully saturated rings. The van der Waals surface area contributed by atoms with Crippen LogP contribution in [0.1, 0.15) is 177 Å². The third-order valence-corrected chi connectivity index (χ3v) is 17.7. The van der Waals surface area contributed by atoms with E-state index in [0.29, 0.717) is 111 Å². The number of methoxy groups -OCH3 is 11. The summed E-state index contributed by atoms with van der Waals surface area (Å²) in [5.41, 5.74) is 6.36. The highest BCUT2D eigenvalue weighted by Gasteiger charge is 2.30. The zero-order valence-electron chi connectivity index (χ0n) is 74.4. The van der Waals surface area contributed by atoms with Gasteiger partial charge < -0.3 is 101 Å². The Kier molecular flexibility index (Phi) is 45.5. The molecule has 0 amide bonds. The SMILES string of the molecule is CC(C)(C)c1ccccc1C#N.COCCOCCOc1c(OC)cc(OC)cc1C(C)(C)C.COc1cc(OC)c(OCCC(C)O)c(C(C)(C)C)c1.COc1cc(OC)c(OCCO)c(C(C)(C)C)c1.COc1cc(OC)c(OCCOCCO)c(C(C)(C)C)c1.COc1cc(OC)c(OCCS(C)(=O)=O)c(C(C)(C)C)c1. The summed E-state index contributed by atoms with van der Waals surface area (Å²) < 4.78 is 120. The smallest absolute Gasteiger partial charge is 0.165 e. The third kappa shape index (κ3) is 36.6. The van der Waals surface area contributed by atoms with Gasteiger partial charge in [-0.25, -0.2) is 8.42 Å². The van der Waals surface area contributed by atoms with Crippen LogP contribution < -0.4 is 71.1 Å². The molecule has 0 aliphatic rings. The molecule has 0 bridgehead atoms. The Hall–Kier alpha value is -8.48. The van der Waals surface area contributed by atoms with Crippen molar-refractivity contribution in [2.75, 3.05) is 169 Å². The summed E-state index contributed by atoms with van der Waals surface area (Å²) in [4.78, 5) is 0. The lowest BCUT2D eigenvalue weighted by Gasteiger charge is -2.25. The minimum Gasteiger partial charge on any atom is -0.497 e. The minimum atomic E-state index is -3.07. The highest BCUT2D eigenvalue weighted by atomic mass is 32.2. The standard InChI is InChI=1S/C17H28O5.C16H26O5.C16H26O4.C15H24O5S.C14H22O4.C11H13N/c1-17(2,3)14-11-13(19-5)12-15(20-6)16(14)22-10-9-21-8-7-18-4;1-16(2,3)13-10-12(18-4)11-14(19-5)15(13)21-9-8-20-7-6-17;1-11(17)7-8-20-15-13(16(2,3)4)9-12(18-5)10-14(15)19-6;1-15(2,3)12-9-11(18-4)10-13(19-5)14(12)20-7-8-21(6,16)17;1-14(2,3)11-8-10(16-4)9-12(17-5)13(11)18-7-6-15;1-11(2,3)10-7-5-4-6-9(10)8-12/h11-12H,7-10H2,1-6H3;10-11,17H,6-9H2,1-5H3;9-11,17H,7-8H2,1-6H3;9-10H,7-8H2,1-6H3;8-9,15H,6-7H2,1-5H3;4-7H,1-3H3. The zero-order valence-corrected chi connectivity index (χ0v) is 75.2. The number of nitriles is 1. The quantitative estimate of drug-likeness (QED) is 0.0316. The minimum absolute atomic E-state index is 0.0130. The lowest BCUT2D eigenvalue weighted by atomic mass is 9.84. The van der Waals surface area contributed by atoms with E-state index < -0.39 is 9.84 Å². The van der Waals surface area contributed by atoms with Crippen molar-refractivity contribution in [2.45, 2.75) is 177 Å². The van der Waals surface area contributed by atoms with Crippen molar-refractivity contribution in [3.8, 4) is 92.3 Å². The summed E-state index contributed by atoms with van der Waals surface area (Å²) in [5, 5.41) is 35.7. The molecule has 0 saturated heterocycles. The van der Waals surface area contributed by atoms with E-state index in [9.17, 15) is 13.5 Å². The second kappa shape index (κ2) is 50.1. The maximum absolute atomic E-state index is 11.2. The van der Waals surface area contributed by atoms with Crippen LogP contribution in [0.15, 0.2) is 84.9 Å². The topological polar surface area (TPSA) is 285 Å². The van der Waals surface area contributed by atoms with Gasteiger partial charge in [0.1, 0.15) is 55.2 Å². The van der Waals surface area contributed by atoms with E-state index in [-0.39, 0.29) is 70.8 Å². The number of ether oxygens (including phenoxy) is 18. The number of aliphatic hydroxyl groups is 3. The van der Waals surface area contributed by atoms with Crippen LogP contribution in [0.3, 0.4) is 0 Å². The number of hydrogen-bond acceptors (Lipinski definition) is 24. The van der Waals surface area contributed by atoms with Crippen LogP contribution in [0, 0.1) is 11.3 Å². The first-order chi connectivity index (χ1) is 53.2. The van der Waals surface area contributed by atoms with Crippen molar-refractivity contribution in [1.82, 2.24) is 0 Å². The Morgan fingerprint density at radius 3 is 0.851 bits per heavy atom. The molecule has 0 spiro atoms. The Morgan fingerprint density at radius 1 is 0.351 bits per heavy atom. The maximum atomic E-state index is 11.2.